The minimum absolute atomic E-state index is 0.201. The number of carbonyl (C=O) groups excluding carboxylic acids is 1. The number of aryl methyl sites for hydroxylation is 1. The predicted octanol–water partition coefficient (Wildman–Crippen LogP) is 1.73. The van der Waals surface area contributed by atoms with Crippen molar-refractivity contribution in [3.63, 3.8) is 0 Å². The van der Waals surface area contributed by atoms with Gasteiger partial charge in [0.15, 0.2) is 5.65 Å². The van der Waals surface area contributed by atoms with Gasteiger partial charge in [0.05, 0.1) is 6.20 Å². The van der Waals surface area contributed by atoms with Gasteiger partial charge in [-0.1, -0.05) is 18.2 Å². The van der Waals surface area contributed by atoms with Gasteiger partial charge in [-0.05, 0) is 19.1 Å². The van der Waals surface area contributed by atoms with Gasteiger partial charge in [-0.25, -0.2) is 4.98 Å². The summed E-state index contributed by atoms with van der Waals surface area (Å²) in [6.07, 6.45) is 1.56. The summed E-state index contributed by atoms with van der Waals surface area (Å²) in [6, 6.07) is 9.00. The van der Waals surface area contributed by atoms with Crippen LogP contribution in [0.4, 0.5) is 11.6 Å². The first-order valence-electron chi connectivity index (χ1n) is 6.45. The monoisotopic (exact) mass is 282 g/mol. The molecule has 0 saturated heterocycles. The van der Waals surface area contributed by atoms with Gasteiger partial charge in [0.1, 0.15) is 11.5 Å². The minimum atomic E-state index is -0.201. The maximum atomic E-state index is 12.2. The summed E-state index contributed by atoms with van der Waals surface area (Å²) in [5.74, 6) is 0.966. The fourth-order valence-corrected chi connectivity index (χ4v) is 2.02. The first-order valence-corrected chi connectivity index (χ1v) is 6.45. The molecular formula is C14H14N6O. The lowest BCUT2D eigenvalue weighted by Crippen LogP contribution is -2.12. The first kappa shape index (κ1) is 13.0. The summed E-state index contributed by atoms with van der Waals surface area (Å²) < 4.78 is 1.55. The highest BCUT2D eigenvalue weighted by Gasteiger charge is 2.13. The van der Waals surface area contributed by atoms with E-state index in [4.69, 9.17) is 0 Å². The molecule has 2 N–H and O–H groups in total. The molecule has 0 aliphatic heterocycles. The zero-order valence-corrected chi connectivity index (χ0v) is 11.7. The predicted molar refractivity (Wildman–Crippen MR) is 79.5 cm³/mol. The molecule has 1 amide bonds. The Morgan fingerprint density at radius 2 is 1.95 bits per heavy atom. The molecule has 3 rings (SSSR count). The number of carbonyl (C=O) groups is 1. The molecular weight excluding hydrogens is 268 g/mol. The molecule has 106 valence electrons. The number of nitrogens with one attached hydrogen (secondary N) is 2. The van der Waals surface area contributed by atoms with Crippen molar-refractivity contribution in [2.24, 2.45) is 0 Å². The average Bonchev–Trinajstić information content (AvgIpc) is 2.90. The Morgan fingerprint density at radius 1 is 1.19 bits per heavy atom. The van der Waals surface area contributed by atoms with E-state index in [0.29, 0.717) is 28.7 Å². The van der Waals surface area contributed by atoms with Crippen LogP contribution in [0.3, 0.4) is 0 Å². The molecule has 0 atom stereocenters. The van der Waals surface area contributed by atoms with Gasteiger partial charge in [0.25, 0.3) is 5.91 Å². The highest BCUT2D eigenvalue weighted by atomic mass is 16.1. The summed E-state index contributed by atoms with van der Waals surface area (Å²) in [6.45, 7) is 1.79. The summed E-state index contributed by atoms with van der Waals surface area (Å²) in [5, 5.41) is 9.96. The van der Waals surface area contributed by atoms with Crippen LogP contribution in [0, 0.1) is 6.92 Å². The number of nitrogens with zero attached hydrogens (tertiary/aromatic N) is 4. The van der Waals surface area contributed by atoms with E-state index in [9.17, 15) is 4.79 Å². The van der Waals surface area contributed by atoms with Crippen molar-refractivity contribution in [1.29, 1.82) is 0 Å². The summed E-state index contributed by atoms with van der Waals surface area (Å²) in [7, 11) is 1.76. The third-order valence-electron chi connectivity index (χ3n) is 2.99. The Labute approximate surface area is 121 Å². The lowest BCUT2D eigenvalue weighted by atomic mass is 10.2. The Hall–Kier alpha value is -2.96. The van der Waals surface area contributed by atoms with Gasteiger partial charge in [0.2, 0.25) is 5.95 Å². The maximum absolute atomic E-state index is 12.2. The van der Waals surface area contributed by atoms with E-state index < -0.39 is 0 Å². The number of rotatable bonds is 3. The summed E-state index contributed by atoms with van der Waals surface area (Å²) in [4.78, 5) is 20.7. The second kappa shape index (κ2) is 5.20. The smallest absolute Gasteiger partial charge is 0.255 e. The largest absolute Gasteiger partial charge is 0.357 e. The van der Waals surface area contributed by atoms with Gasteiger partial charge in [-0.3, -0.25) is 4.79 Å². The molecule has 0 unspecified atom stereocenters. The van der Waals surface area contributed by atoms with Crippen LogP contribution in [0.5, 0.6) is 0 Å². The number of anilines is 2. The summed E-state index contributed by atoms with van der Waals surface area (Å²) in [5.41, 5.74) is 1.68. The molecule has 2 aromatic heterocycles. The van der Waals surface area contributed by atoms with E-state index in [-0.39, 0.29) is 5.91 Å². The van der Waals surface area contributed by atoms with Crippen LogP contribution in [0.25, 0.3) is 5.65 Å². The fourth-order valence-electron chi connectivity index (χ4n) is 2.02. The SMILES string of the molecule is CNc1nc(C)nc2c(NC(=O)c3ccccc3)cnn12. The highest BCUT2D eigenvalue weighted by Crippen LogP contribution is 2.18. The lowest BCUT2D eigenvalue weighted by Gasteiger charge is -2.05. The second-order valence-electron chi connectivity index (χ2n) is 4.46. The van der Waals surface area contributed by atoms with Crippen LogP contribution in [-0.4, -0.2) is 32.5 Å². The molecule has 7 nitrogen and oxygen atoms in total. The van der Waals surface area contributed by atoms with Gasteiger partial charge in [-0.2, -0.15) is 14.6 Å². The maximum Gasteiger partial charge on any atom is 0.255 e. The van der Waals surface area contributed by atoms with Gasteiger partial charge >= 0.3 is 0 Å². The molecule has 0 fully saturated rings. The van der Waals surface area contributed by atoms with Crippen LogP contribution >= 0.6 is 0 Å². The van der Waals surface area contributed by atoms with E-state index in [1.54, 1.807) is 36.8 Å². The molecule has 7 heteroatoms. The van der Waals surface area contributed by atoms with E-state index in [1.165, 1.54) is 0 Å². The summed E-state index contributed by atoms with van der Waals surface area (Å²) >= 11 is 0. The number of hydrogen-bond acceptors (Lipinski definition) is 5. The van der Waals surface area contributed by atoms with Crippen LogP contribution in [0.15, 0.2) is 36.5 Å². The van der Waals surface area contributed by atoms with Crippen LogP contribution in [-0.2, 0) is 0 Å². The Kier molecular flexibility index (Phi) is 3.23. The topological polar surface area (TPSA) is 84.2 Å². The molecule has 0 bridgehead atoms. The van der Waals surface area contributed by atoms with Crippen molar-refractivity contribution in [2.45, 2.75) is 6.92 Å². The van der Waals surface area contributed by atoms with Crippen molar-refractivity contribution in [3.8, 4) is 0 Å². The standard InChI is InChI=1S/C14H14N6O/c1-9-17-12-11(8-16-20(12)14(15-2)18-9)19-13(21)10-6-4-3-5-7-10/h3-8H,1-2H3,(H,19,21)(H,15,17,18). The Morgan fingerprint density at radius 3 is 2.67 bits per heavy atom. The normalized spacial score (nSPS) is 10.6. The average molecular weight is 282 g/mol. The van der Waals surface area contributed by atoms with Crippen LogP contribution < -0.4 is 10.6 Å². The van der Waals surface area contributed by atoms with Gasteiger partial charge in [0, 0.05) is 12.6 Å². The van der Waals surface area contributed by atoms with Crippen LogP contribution in [0.2, 0.25) is 0 Å². The quantitative estimate of drug-likeness (QED) is 0.764. The van der Waals surface area contributed by atoms with Crippen LogP contribution in [0.1, 0.15) is 16.2 Å². The molecule has 2 heterocycles. The van der Waals surface area contributed by atoms with Crippen molar-refractivity contribution >= 4 is 23.2 Å². The van der Waals surface area contributed by atoms with Gasteiger partial charge in [-0.15, -0.1) is 0 Å². The number of hydrogen-bond donors (Lipinski definition) is 2. The molecule has 3 aromatic rings. The van der Waals surface area contributed by atoms with Gasteiger partial charge < -0.3 is 10.6 Å². The highest BCUT2D eigenvalue weighted by molar-refractivity contribution is 6.05. The zero-order chi connectivity index (χ0) is 14.8. The zero-order valence-electron chi connectivity index (χ0n) is 11.7. The third kappa shape index (κ3) is 2.40. The van der Waals surface area contributed by atoms with Crippen molar-refractivity contribution in [3.05, 3.63) is 47.9 Å². The van der Waals surface area contributed by atoms with Crippen molar-refractivity contribution in [2.75, 3.05) is 17.7 Å². The second-order valence-corrected chi connectivity index (χ2v) is 4.46. The number of aromatic nitrogens is 4. The Balaban J connectivity index is 1.98. The Bertz CT molecular complexity index is 796. The first-order chi connectivity index (χ1) is 10.2. The number of amides is 1. The van der Waals surface area contributed by atoms with E-state index in [2.05, 4.69) is 25.7 Å². The number of benzene rings is 1. The fraction of sp³-hybridized carbons (Fsp3) is 0.143. The molecule has 0 saturated carbocycles. The third-order valence-corrected chi connectivity index (χ3v) is 2.99. The minimum Gasteiger partial charge on any atom is -0.357 e. The molecule has 0 aliphatic carbocycles. The van der Waals surface area contributed by atoms with Crippen molar-refractivity contribution in [1.82, 2.24) is 19.6 Å². The van der Waals surface area contributed by atoms with E-state index in [1.807, 2.05) is 18.2 Å². The molecule has 1 aromatic carbocycles. The van der Waals surface area contributed by atoms with E-state index >= 15 is 0 Å². The molecule has 21 heavy (non-hydrogen) atoms. The lowest BCUT2D eigenvalue weighted by molar-refractivity contribution is 0.102. The van der Waals surface area contributed by atoms with Crippen molar-refractivity contribution < 1.29 is 4.79 Å². The molecule has 0 radical (unpaired) electrons. The number of fused-ring (bicyclic) bond motifs is 1. The molecule has 0 aliphatic rings. The van der Waals surface area contributed by atoms with E-state index in [0.717, 1.165) is 0 Å². The molecule has 0 spiro atoms.